The Labute approximate surface area is 99.9 Å². The Balaban J connectivity index is 2.05. The monoisotopic (exact) mass is 239 g/mol. The average Bonchev–Trinajstić information content (AvgIpc) is 2.84. The summed E-state index contributed by atoms with van der Waals surface area (Å²) >= 11 is 1.47. The first-order valence-electron chi connectivity index (χ1n) is 5.52. The number of hydrogen-bond donors (Lipinski definition) is 0. The number of thiazole rings is 1. The maximum Gasteiger partial charge on any atom is 0.273 e. The molecule has 2 rings (SSSR count). The van der Waals surface area contributed by atoms with Crippen LogP contribution in [0.1, 0.15) is 23.3 Å². The normalized spacial score (nSPS) is 20.7. The first-order chi connectivity index (χ1) is 7.68. The van der Waals surface area contributed by atoms with Gasteiger partial charge in [0.2, 0.25) is 0 Å². The quantitative estimate of drug-likeness (QED) is 0.798. The van der Waals surface area contributed by atoms with Crippen LogP contribution in [0, 0.1) is 0 Å². The van der Waals surface area contributed by atoms with Gasteiger partial charge in [0, 0.05) is 24.5 Å². The molecule has 0 bridgehead atoms. The van der Waals surface area contributed by atoms with Crippen molar-refractivity contribution in [1.29, 1.82) is 0 Å². The molecule has 1 aliphatic heterocycles. The van der Waals surface area contributed by atoms with Crippen LogP contribution in [0.3, 0.4) is 0 Å². The van der Waals surface area contributed by atoms with Gasteiger partial charge < -0.3 is 9.80 Å². The fourth-order valence-corrected chi connectivity index (χ4v) is 2.71. The Hall–Kier alpha value is -0.940. The second-order valence-corrected chi connectivity index (χ2v) is 5.15. The molecule has 0 N–H and O–H groups in total. The maximum absolute atomic E-state index is 12.2. The van der Waals surface area contributed by atoms with Gasteiger partial charge in [-0.2, -0.15) is 0 Å². The van der Waals surface area contributed by atoms with Crippen molar-refractivity contribution in [3.05, 3.63) is 16.6 Å². The van der Waals surface area contributed by atoms with Gasteiger partial charge in [-0.15, -0.1) is 11.3 Å². The van der Waals surface area contributed by atoms with E-state index in [1.807, 2.05) is 24.4 Å². The van der Waals surface area contributed by atoms with Gasteiger partial charge >= 0.3 is 0 Å². The molecular formula is C11H17N3OS. The van der Waals surface area contributed by atoms with Crippen molar-refractivity contribution in [2.75, 3.05) is 27.2 Å². The molecule has 0 radical (unpaired) electrons. The predicted molar refractivity (Wildman–Crippen MR) is 64.7 cm³/mol. The minimum atomic E-state index is 0.0885. The Morgan fingerprint density at radius 2 is 2.50 bits per heavy atom. The van der Waals surface area contributed by atoms with Gasteiger partial charge in [0.05, 0.1) is 5.51 Å². The third kappa shape index (κ3) is 2.41. The van der Waals surface area contributed by atoms with Crippen molar-refractivity contribution in [3.63, 3.8) is 0 Å². The Bertz CT molecular complexity index is 350. The van der Waals surface area contributed by atoms with Gasteiger partial charge in [-0.05, 0) is 26.9 Å². The van der Waals surface area contributed by atoms with E-state index in [9.17, 15) is 4.79 Å². The number of amides is 1. The van der Waals surface area contributed by atoms with Crippen molar-refractivity contribution >= 4 is 17.2 Å². The maximum atomic E-state index is 12.2. The number of rotatable bonds is 3. The molecule has 1 amide bonds. The van der Waals surface area contributed by atoms with Crippen LogP contribution in [0.5, 0.6) is 0 Å². The second kappa shape index (κ2) is 4.93. The highest BCUT2D eigenvalue weighted by Gasteiger charge is 2.30. The smallest absolute Gasteiger partial charge is 0.273 e. The van der Waals surface area contributed by atoms with Gasteiger partial charge in [-0.3, -0.25) is 4.79 Å². The van der Waals surface area contributed by atoms with E-state index in [0.29, 0.717) is 11.7 Å². The molecule has 88 valence electrons. The van der Waals surface area contributed by atoms with Gasteiger partial charge in [-0.1, -0.05) is 0 Å². The average molecular weight is 239 g/mol. The molecule has 1 aromatic heterocycles. The lowest BCUT2D eigenvalue weighted by Crippen LogP contribution is -2.41. The van der Waals surface area contributed by atoms with E-state index >= 15 is 0 Å². The molecule has 1 fully saturated rings. The summed E-state index contributed by atoms with van der Waals surface area (Å²) < 4.78 is 0. The fraction of sp³-hybridized carbons (Fsp3) is 0.636. The zero-order chi connectivity index (χ0) is 11.5. The third-order valence-electron chi connectivity index (χ3n) is 2.87. The standard InChI is InChI=1S/C11H17N3OS/c1-13(2)6-9-4-3-5-14(9)11(15)10-7-16-8-12-10/h7-9H,3-6H2,1-2H3. The summed E-state index contributed by atoms with van der Waals surface area (Å²) in [5.74, 6) is 0.0885. The van der Waals surface area contributed by atoms with Gasteiger partial charge in [0.25, 0.3) is 5.91 Å². The van der Waals surface area contributed by atoms with Gasteiger partial charge in [0.1, 0.15) is 5.69 Å². The number of likely N-dealkylation sites (tertiary alicyclic amines) is 1. The highest BCUT2D eigenvalue weighted by molar-refractivity contribution is 7.07. The molecule has 0 saturated carbocycles. The van der Waals surface area contributed by atoms with Gasteiger partial charge in [0.15, 0.2) is 0 Å². The molecule has 0 aromatic carbocycles. The van der Waals surface area contributed by atoms with Crippen LogP contribution in [0.4, 0.5) is 0 Å². The molecule has 1 atom stereocenters. The number of carbonyl (C=O) groups excluding carboxylic acids is 1. The summed E-state index contributed by atoms with van der Waals surface area (Å²) in [6.45, 7) is 1.81. The molecule has 0 aliphatic carbocycles. The van der Waals surface area contributed by atoms with E-state index < -0.39 is 0 Å². The van der Waals surface area contributed by atoms with Crippen molar-refractivity contribution < 1.29 is 4.79 Å². The Morgan fingerprint density at radius 3 is 3.12 bits per heavy atom. The lowest BCUT2D eigenvalue weighted by Gasteiger charge is -2.26. The SMILES string of the molecule is CN(C)CC1CCCN1C(=O)c1cscn1. The van der Waals surface area contributed by atoms with Crippen LogP contribution in [0.25, 0.3) is 0 Å². The molecular weight excluding hydrogens is 222 g/mol. The van der Waals surface area contributed by atoms with Crippen molar-refractivity contribution in [3.8, 4) is 0 Å². The van der Waals surface area contributed by atoms with Crippen LogP contribution in [0.15, 0.2) is 10.9 Å². The van der Waals surface area contributed by atoms with E-state index in [1.165, 1.54) is 11.3 Å². The molecule has 4 nitrogen and oxygen atoms in total. The largest absolute Gasteiger partial charge is 0.333 e. The topological polar surface area (TPSA) is 36.4 Å². The highest BCUT2D eigenvalue weighted by Crippen LogP contribution is 2.20. The molecule has 0 spiro atoms. The van der Waals surface area contributed by atoms with E-state index in [2.05, 4.69) is 9.88 Å². The molecule has 1 saturated heterocycles. The predicted octanol–water partition coefficient (Wildman–Crippen LogP) is 1.31. The minimum Gasteiger partial charge on any atom is -0.333 e. The zero-order valence-corrected chi connectivity index (χ0v) is 10.5. The third-order valence-corrected chi connectivity index (χ3v) is 3.45. The summed E-state index contributed by atoms with van der Waals surface area (Å²) in [7, 11) is 4.09. The summed E-state index contributed by atoms with van der Waals surface area (Å²) in [5, 5.41) is 1.83. The number of carbonyl (C=O) groups is 1. The Morgan fingerprint density at radius 1 is 1.69 bits per heavy atom. The lowest BCUT2D eigenvalue weighted by molar-refractivity contribution is 0.0711. The summed E-state index contributed by atoms with van der Waals surface area (Å²) in [4.78, 5) is 20.3. The lowest BCUT2D eigenvalue weighted by atomic mass is 10.2. The van der Waals surface area contributed by atoms with Crippen molar-refractivity contribution in [2.45, 2.75) is 18.9 Å². The van der Waals surface area contributed by atoms with E-state index in [4.69, 9.17) is 0 Å². The van der Waals surface area contributed by atoms with Crippen molar-refractivity contribution in [2.24, 2.45) is 0 Å². The number of likely N-dealkylation sites (N-methyl/N-ethyl adjacent to an activating group) is 1. The summed E-state index contributed by atoms with van der Waals surface area (Å²) in [5.41, 5.74) is 2.31. The van der Waals surface area contributed by atoms with E-state index in [-0.39, 0.29) is 5.91 Å². The number of hydrogen-bond acceptors (Lipinski definition) is 4. The molecule has 1 aliphatic rings. The molecule has 5 heteroatoms. The molecule has 1 aromatic rings. The Kier molecular flexibility index (Phi) is 3.56. The van der Waals surface area contributed by atoms with E-state index in [1.54, 1.807) is 5.51 Å². The first kappa shape index (κ1) is 11.5. The molecule has 2 heterocycles. The van der Waals surface area contributed by atoms with Crippen LogP contribution in [-0.2, 0) is 0 Å². The summed E-state index contributed by atoms with van der Waals surface area (Å²) in [6.07, 6.45) is 2.21. The molecule has 1 unspecified atom stereocenters. The second-order valence-electron chi connectivity index (χ2n) is 4.43. The van der Waals surface area contributed by atoms with E-state index in [0.717, 1.165) is 25.9 Å². The minimum absolute atomic E-state index is 0.0885. The van der Waals surface area contributed by atoms with Crippen LogP contribution >= 0.6 is 11.3 Å². The zero-order valence-electron chi connectivity index (χ0n) is 9.72. The van der Waals surface area contributed by atoms with Crippen LogP contribution < -0.4 is 0 Å². The van der Waals surface area contributed by atoms with Gasteiger partial charge in [-0.25, -0.2) is 4.98 Å². The summed E-state index contributed by atoms with van der Waals surface area (Å²) in [6, 6.07) is 0.351. The molecule has 16 heavy (non-hydrogen) atoms. The van der Waals surface area contributed by atoms with Crippen LogP contribution in [-0.4, -0.2) is 53.9 Å². The first-order valence-corrected chi connectivity index (χ1v) is 6.46. The fourth-order valence-electron chi connectivity index (χ4n) is 2.18. The number of nitrogens with zero attached hydrogens (tertiary/aromatic N) is 3. The highest BCUT2D eigenvalue weighted by atomic mass is 32.1. The van der Waals surface area contributed by atoms with Crippen molar-refractivity contribution in [1.82, 2.24) is 14.8 Å². The van der Waals surface area contributed by atoms with Crippen LogP contribution in [0.2, 0.25) is 0 Å². The number of aromatic nitrogens is 1.